The number of nitrogens with zero attached hydrogens (tertiary/aromatic N) is 1. The van der Waals surface area contributed by atoms with E-state index in [-0.39, 0.29) is 13.0 Å². The lowest BCUT2D eigenvalue weighted by atomic mass is 10.2. The third-order valence-corrected chi connectivity index (χ3v) is 3.38. The highest BCUT2D eigenvalue weighted by atomic mass is 16.5. The van der Waals surface area contributed by atoms with Crippen LogP contribution in [0.1, 0.15) is 18.9 Å². The van der Waals surface area contributed by atoms with Gasteiger partial charge in [0.05, 0.1) is 12.8 Å². The molecule has 28 heavy (non-hydrogen) atoms. The van der Waals surface area contributed by atoms with Gasteiger partial charge in [-0.05, 0) is 61.0 Å². The Morgan fingerprint density at radius 2 is 1.68 bits per heavy atom. The van der Waals surface area contributed by atoms with Gasteiger partial charge in [-0.15, -0.1) is 6.42 Å². The van der Waals surface area contributed by atoms with E-state index in [1.165, 1.54) is 6.21 Å². The summed E-state index contributed by atoms with van der Waals surface area (Å²) in [6.45, 7) is 2.65. The van der Waals surface area contributed by atoms with E-state index < -0.39 is 11.8 Å². The van der Waals surface area contributed by atoms with E-state index in [0.717, 1.165) is 5.56 Å². The Kier molecular flexibility index (Phi) is 8.09. The second kappa shape index (κ2) is 11.0. The molecule has 7 nitrogen and oxygen atoms in total. The Bertz CT molecular complexity index is 853. The zero-order chi connectivity index (χ0) is 20.2. The maximum atomic E-state index is 11.9. The molecule has 2 rings (SSSR count). The summed E-state index contributed by atoms with van der Waals surface area (Å²) >= 11 is 0. The van der Waals surface area contributed by atoms with Gasteiger partial charge in [0.1, 0.15) is 24.5 Å². The predicted molar refractivity (Wildman–Crippen MR) is 107 cm³/mol. The number of hydrazone groups is 1. The number of anilines is 1. The molecule has 7 heteroatoms. The lowest BCUT2D eigenvalue weighted by molar-refractivity contribution is -0.126. The molecule has 0 fully saturated rings. The molecule has 0 aliphatic rings. The number of carbonyl (C=O) groups is 2. The first kappa shape index (κ1) is 20.5. The van der Waals surface area contributed by atoms with E-state index in [9.17, 15) is 9.59 Å². The van der Waals surface area contributed by atoms with Crippen LogP contribution in [0.5, 0.6) is 11.5 Å². The third kappa shape index (κ3) is 7.22. The minimum Gasteiger partial charge on any atom is -0.494 e. The second-order valence-corrected chi connectivity index (χ2v) is 5.54. The first-order chi connectivity index (χ1) is 13.6. The molecule has 0 aromatic heterocycles. The third-order valence-electron chi connectivity index (χ3n) is 3.38. The van der Waals surface area contributed by atoms with Crippen LogP contribution in [-0.2, 0) is 9.59 Å². The van der Waals surface area contributed by atoms with Crippen molar-refractivity contribution in [3.8, 4) is 23.8 Å². The fourth-order valence-corrected chi connectivity index (χ4v) is 2.15. The van der Waals surface area contributed by atoms with Crippen molar-refractivity contribution in [1.82, 2.24) is 5.43 Å². The van der Waals surface area contributed by atoms with Gasteiger partial charge < -0.3 is 14.8 Å². The van der Waals surface area contributed by atoms with E-state index >= 15 is 0 Å². The van der Waals surface area contributed by atoms with E-state index in [1.807, 2.05) is 6.92 Å². The predicted octanol–water partition coefficient (Wildman–Crippen LogP) is 2.58. The standard InChI is InChI=1S/C21H21N3O4/c1-3-13-28-19-9-5-16(6-10-19)15-22-24-21(26)14-20(25)23-17-7-11-18(12-8-17)27-4-2/h1,5-12,15H,4,13-14H2,2H3,(H,23,25)(H,24,26). The van der Waals surface area contributed by atoms with Crippen LogP contribution in [0.25, 0.3) is 0 Å². The maximum Gasteiger partial charge on any atom is 0.249 e. The zero-order valence-electron chi connectivity index (χ0n) is 15.5. The monoisotopic (exact) mass is 379 g/mol. The SMILES string of the molecule is C#CCOc1ccc(C=NNC(=O)CC(=O)Nc2ccc(OCC)cc2)cc1. The molecule has 2 N–H and O–H groups in total. The molecule has 0 heterocycles. The number of ether oxygens (including phenoxy) is 2. The number of terminal acetylenes is 1. The Hall–Kier alpha value is -3.79. The normalized spacial score (nSPS) is 10.1. The highest BCUT2D eigenvalue weighted by molar-refractivity contribution is 6.03. The highest BCUT2D eigenvalue weighted by Crippen LogP contribution is 2.15. The summed E-state index contributed by atoms with van der Waals surface area (Å²) < 4.78 is 10.6. The topological polar surface area (TPSA) is 89.0 Å². The summed E-state index contributed by atoms with van der Waals surface area (Å²) in [5.41, 5.74) is 3.65. The summed E-state index contributed by atoms with van der Waals surface area (Å²) in [4.78, 5) is 23.7. The van der Waals surface area contributed by atoms with Gasteiger partial charge >= 0.3 is 0 Å². The molecule has 0 atom stereocenters. The summed E-state index contributed by atoms with van der Waals surface area (Å²) in [6.07, 6.45) is 6.25. The molecule has 0 saturated carbocycles. The fraction of sp³-hybridized carbons (Fsp3) is 0.190. The molecule has 0 radical (unpaired) electrons. The van der Waals surface area contributed by atoms with Crippen LogP contribution >= 0.6 is 0 Å². The molecule has 2 aromatic rings. The number of benzene rings is 2. The largest absolute Gasteiger partial charge is 0.494 e. The Morgan fingerprint density at radius 1 is 1.04 bits per heavy atom. The van der Waals surface area contributed by atoms with Crippen LogP contribution < -0.4 is 20.2 Å². The van der Waals surface area contributed by atoms with Crippen LogP contribution in [-0.4, -0.2) is 31.2 Å². The summed E-state index contributed by atoms with van der Waals surface area (Å²) in [7, 11) is 0. The summed E-state index contributed by atoms with van der Waals surface area (Å²) in [6, 6.07) is 13.9. The van der Waals surface area contributed by atoms with Crippen LogP contribution in [0.4, 0.5) is 5.69 Å². The van der Waals surface area contributed by atoms with Gasteiger partial charge in [0.25, 0.3) is 0 Å². The zero-order valence-corrected chi connectivity index (χ0v) is 15.5. The molecule has 0 unspecified atom stereocenters. The van der Waals surface area contributed by atoms with Crippen LogP contribution in [0, 0.1) is 12.3 Å². The smallest absolute Gasteiger partial charge is 0.249 e. The minimum atomic E-state index is -0.520. The molecule has 0 aliphatic carbocycles. The van der Waals surface area contributed by atoms with Gasteiger partial charge in [-0.1, -0.05) is 5.92 Å². The average molecular weight is 379 g/mol. The molecule has 0 bridgehead atoms. The van der Waals surface area contributed by atoms with Crippen molar-refractivity contribution in [2.75, 3.05) is 18.5 Å². The first-order valence-electron chi connectivity index (χ1n) is 8.61. The Balaban J connectivity index is 1.75. The maximum absolute atomic E-state index is 11.9. The number of hydrogen-bond acceptors (Lipinski definition) is 5. The molecular formula is C21H21N3O4. The number of amides is 2. The van der Waals surface area contributed by atoms with Gasteiger partial charge in [0.2, 0.25) is 11.8 Å². The van der Waals surface area contributed by atoms with Gasteiger partial charge in [-0.3, -0.25) is 9.59 Å². The fourth-order valence-electron chi connectivity index (χ4n) is 2.15. The second-order valence-electron chi connectivity index (χ2n) is 5.54. The Morgan fingerprint density at radius 3 is 2.32 bits per heavy atom. The van der Waals surface area contributed by atoms with E-state index in [4.69, 9.17) is 15.9 Å². The van der Waals surface area contributed by atoms with E-state index in [1.54, 1.807) is 48.5 Å². The number of carbonyl (C=O) groups excluding carboxylic acids is 2. The summed E-state index contributed by atoms with van der Waals surface area (Å²) in [5, 5.41) is 6.47. The molecule has 0 aliphatic heterocycles. The van der Waals surface area contributed by atoms with Gasteiger partial charge in [0.15, 0.2) is 0 Å². The summed E-state index contributed by atoms with van der Waals surface area (Å²) in [5.74, 6) is 2.78. The molecular weight excluding hydrogens is 358 g/mol. The van der Waals surface area contributed by atoms with E-state index in [0.29, 0.717) is 23.8 Å². The van der Waals surface area contributed by atoms with Crippen LogP contribution in [0.15, 0.2) is 53.6 Å². The van der Waals surface area contributed by atoms with Crippen molar-refractivity contribution in [3.63, 3.8) is 0 Å². The van der Waals surface area contributed by atoms with Crippen molar-refractivity contribution in [2.24, 2.45) is 5.10 Å². The molecule has 0 saturated heterocycles. The molecule has 144 valence electrons. The van der Waals surface area contributed by atoms with Gasteiger partial charge in [-0.25, -0.2) is 5.43 Å². The lowest BCUT2D eigenvalue weighted by Gasteiger charge is -2.06. The van der Waals surface area contributed by atoms with Crippen molar-refractivity contribution >= 4 is 23.7 Å². The van der Waals surface area contributed by atoms with Crippen molar-refractivity contribution in [3.05, 3.63) is 54.1 Å². The Labute approximate surface area is 163 Å². The number of rotatable bonds is 9. The number of hydrogen-bond donors (Lipinski definition) is 2. The minimum absolute atomic E-state index is 0.197. The van der Waals surface area contributed by atoms with Gasteiger partial charge in [0, 0.05) is 5.69 Å². The highest BCUT2D eigenvalue weighted by Gasteiger charge is 2.09. The molecule has 2 aromatic carbocycles. The van der Waals surface area contributed by atoms with Crippen molar-refractivity contribution < 1.29 is 19.1 Å². The van der Waals surface area contributed by atoms with Crippen molar-refractivity contribution in [2.45, 2.75) is 13.3 Å². The first-order valence-corrected chi connectivity index (χ1v) is 8.61. The number of nitrogens with one attached hydrogen (secondary N) is 2. The van der Waals surface area contributed by atoms with E-state index in [2.05, 4.69) is 21.8 Å². The average Bonchev–Trinajstić information content (AvgIpc) is 2.69. The van der Waals surface area contributed by atoms with Crippen molar-refractivity contribution in [1.29, 1.82) is 0 Å². The molecule has 2 amide bonds. The molecule has 0 spiro atoms. The quantitative estimate of drug-likeness (QED) is 0.303. The van der Waals surface area contributed by atoms with Crippen LogP contribution in [0.2, 0.25) is 0 Å². The lowest BCUT2D eigenvalue weighted by Crippen LogP contribution is -2.24. The van der Waals surface area contributed by atoms with Gasteiger partial charge in [-0.2, -0.15) is 5.10 Å². The van der Waals surface area contributed by atoms with Crippen LogP contribution in [0.3, 0.4) is 0 Å².